The fourth-order valence-corrected chi connectivity index (χ4v) is 6.03. The minimum Gasteiger partial charge on any atom is -0.454 e. The second kappa shape index (κ2) is 9.05. The summed E-state index contributed by atoms with van der Waals surface area (Å²) in [5.41, 5.74) is 2.01. The number of aryl methyl sites for hydroxylation is 1. The van der Waals surface area contributed by atoms with Crippen molar-refractivity contribution in [3.63, 3.8) is 0 Å². The predicted octanol–water partition coefficient (Wildman–Crippen LogP) is 4.16. The first kappa shape index (κ1) is 22.3. The number of nitrogens with zero attached hydrogens (tertiary/aromatic N) is 2. The molecule has 0 saturated carbocycles. The van der Waals surface area contributed by atoms with Crippen LogP contribution in [0.15, 0.2) is 71.6 Å². The zero-order valence-corrected chi connectivity index (χ0v) is 19.9. The van der Waals surface area contributed by atoms with Crippen LogP contribution in [0.3, 0.4) is 0 Å². The second-order valence-electron chi connectivity index (χ2n) is 7.74. The van der Waals surface area contributed by atoms with Crippen molar-refractivity contribution in [2.24, 2.45) is 0 Å². The lowest BCUT2D eigenvalue weighted by molar-refractivity contribution is -0.116. The van der Waals surface area contributed by atoms with Crippen LogP contribution in [-0.2, 0) is 21.4 Å². The Morgan fingerprint density at radius 1 is 1.06 bits per heavy atom. The van der Waals surface area contributed by atoms with Gasteiger partial charge >= 0.3 is 0 Å². The highest BCUT2D eigenvalue weighted by atomic mass is 32.2. The first-order valence-corrected chi connectivity index (χ1v) is 12.7. The molecule has 4 aromatic rings. The molecular formula is C24H21N3O5S2. The number of anilines is 1. The van der Waals surface area contributed by atoms with E-state index in [4.69, 9.17) is 9.47 Å². The van der Waals surface area contributed by atoms with Crippen LogP contribution in [0.5, 0.6) is 11.5 Å². The van der Waals surface area contributed by atoms with Gasteiger partial charge < -0.3 is 14.8 Å². The first-order valence-electron chi connectivity index (χ1n) is 10.5. The van der Waals surface area contributed by atoms with Crippen molar-refractivity contribution >= 4 is 43.2 Å². The average Bonchev–Trinajstić information content (AvgIpc) is 3.43. The third-order valence-electron chi connectivity index (χ3n) is 5.28. The van der Waals surface area contributed by atoms with E-state index in [9.17, 15) is 13.2 Å². The van der Waals surface area contributed by atoms with Crippen molar-refractivity contribution in [3.8, 4) is 11.5 Å². The van der Waals surface area contributed by atoms with Crippen molar-refractivity contribution in [2.75, 3.05) is 18.7 Å². The van der Waals surface area contributed by atoms with Crippen LogP contribution in [0.2, 0.25) is 0 Å². The van der Waals surface area contributed by atoms with Gasteiger partial charge in [0.1, 0.15) is 0 Å². The van der Waals surface area contributed by atoms with Crippen LogP contribution in [-0.4, -0.2) is 37.0 Å². The van der Waals surface area contributed by atoms with Gasteiger partial charge in [-0.2, -0.15) is 4.31 Å². The van der Waals surface area contributed by atoms with Crippen molar-refractivity contribution in [3.05, 3.63) is 77.3 Å². The van der Waals surface area contributed by atoms with Crippen LogP contribution in [0.1, 0.15) is 10.6 Å². The molecule has 10 heteroatoms. The van der Waals surface area contributed by atoms with Gasteiger partial charge in [-0.25, -0.2) is 13.4 Å². The van der Waals surface area contributed by atoms with E-state index in [0.717, 1.165) is 20.8 Å². The summed E-state index contributed by atoms with van der Waals surface area (Å²) in [5.74, 6) is 0.660. The molecule has 0 fully saturated rings. The van der Waals surface area contributed by atoms with E-state index in [1.54, 1.807) is 30.3 Å². The molecule has 1 aliphatic rings. The number of hydrogen-bond acceptors (Lipinski definition) is 7. The number of carbonyl (C=O) groups excluding carboxylic acids is 1. The highest BCUT2D eigenvalue weighted by Gasteiger charge is 2.28. The van der Waals surface area contributed by atoms with E-state index in [1.165, 1.54) is 21.7 Å². The molecule has 174 valence electrons. The highest BCUT2D eigenvalue weighted by molar-refractivity contribution is 7.89. The number of nitrogens with one attached hydrogen (secondary N) is 1. The van der Waals surface area contributed by atoms with Crippen LogP contribution < -0.4 is 14.8 Å². The monoisotopic (exact) mass is 495 g/mol. The standard InChI is InChI=1S/C24H21N3O5S2/c1-16-25-20-9-8-19(12-23(20)33-16)34(29,30)27(13-17-5-3-2-4-6-17)14-24(28)26-18-7-10-21-22(11-18)32-15-31-21/h2-12H,13-15H2,1H3,(H,26,28). The number of rotatable bonds is 7. The van der Waals surface area contributed by atoms with Gasteiger partial charge in [-0.3, -0.25) is 4.79 Å². The van der Waals surface area contributed by atoms with Gasteiger partial charge in [0, 0.05) is 18.3 Å². The molecule has 2 heterocycles. The van der Waals surface area contributed by atoms with Gasteiger partial charge in [-0.15, -0.1) is 11.3 Å². The first-order chi connectivity index (χ1) is 16.4. The quantitative estimate of drug-likeness (QED) is 0.413. The number of aromatic nitrogens is 1. The van der Waals surface area contributed by atoms with Crippen molar-refractivity contribution in [2.45, 2.75) is 18.4 Å². The Bertz CT molecular complexity index is 1470. The topological polar surface area (TPSA) is 97.8 Å². The fourth-order valence-electron chi connectivity index (χ4n) is 3.68. The van der Waals surface area contributed by atoms with Crippen LogP contribution in [0.4, 0.5) is 5.69 Å². The number of ether oxygens (including phenoxy) is 2. The van der Waals surface area contributed by atoms with E-state index in [-0.39, 0.29) is 24.8 Å². The van der Waals surface area contributed by atoms with E-state index >= 15 is 0 Å². The van der Waals surface area contributed by atoms with Gasteiger partial charge in [0.2, 0.25) is 22.7 Å². The maximum atomic E-state index is 13.6. The van der Waals surface area contributed by atoms with Crippen LogP contribution >= 0.6 is 11.3 Å². The maximum Gasteiger partial charge on any atom is 0.243 e. The maximum absolute atomic E-state index is 13.6. The summed E-state index contributed by atoms with van der Waals surface area (Å²) in [4.78, 5) is 17.4. The number of hydrogen-bond donors (Lipinski definition) is 1. The second-order valence-corrected chi connectivity index (χ2v) is 10.9. The van der Waals surface area contributed by atoms with E-state index in [0.29, 0.717) is 17.2 Å². The Kier molecular flexibility index (Phi) is 5.94. The fraction of sp³-hybridized carbons (Fsp3) is 0.167. The number of sulfonamides is 1. The number of amides is 1. The van der Waals surface area contributed by atoms with Gasteiger partial charge in [0.15, 0.2) is 11.5 Å². The lowest BCUT2D eigenvalue weighted by Gasteiger charge is -2.22. The molecule has 0 unspecified atom stereocenters. The minimum absolute atomic E-state index is 0.0531. The summed E-state index contributed by atoms with van der Waals surface area (Å²) in [6, 6.07) is 19.0. The Morgan fingerprint density at radius 3 is 2.68 bits per heavy atom. The summed E-state index contributed by atoms with van der Waals surface area (Å²) >= 11 is 1.43. The molecule has 3 aromatic carbocycles. The summed E-state index contributed by atoms with van der Waals surface area (Å²) in [6.07, 6.45) is 0. The number of benzene rings is 3. The molecule has 0 bridgehead atoms. The molecule has 8 nitrogen and oxygen atoms in total. The molecule has 1 aromatic heterocycles. The molecule has 1 aliphatic heterocycles. The van der Waals surface area contributed by atoms with Gasteiger partial charge in [-0.1, -0.05) is 30.3 Å². The molecule has 0 aliphatic carbocycles. The summed E-state index contributed by atoms with van der Waals surface area (Å²) in [6.45, 7) is 1.70. The van der Waals surface area contributed by atoms with Crippen molar-refractivity contribution in [1.29, 1.82) is 0 Å². The molecule has 0 spiro atoms. The SMILES string of the molecule is Cc1nc2ccc(S(=O)(=O)N(CC(=O)Nc3ccc4c(c3)OCO4)Cc3ccccc3)cc2s1. The summed E-state index contributed by atoms with van der Waals surface area (Å²) < 4.78 is 39.8. The van der Waals surface area contributed by atoms with Gasteiger partial charge in [-0.05, 0) is 42.8 Å². The molecule has 1 amide bonds. The Labute approximate surface area is 200 Å². The van der Waals surface area contributed by atoms with E-state index in [2.05, 4.69) is 10.3 Å². The highest BCUT2D eigenvalue weighted by Crippen LogP contribution is 2.34. The molecular weight excluding hydrogens is 474 g/mol. The zero-order valence-electron chi connectivity index (χ0n) is 18.2. The Morgan fingerprint density at radius 2 is 1.85 bits per heavy atom. The van der Waals surface area contributed by atoms with E-state index in [1.807, 2.05) is 37.3 Å². The normalized spacial score (nSPS) is 12.9. The van der Waals surface area contributed by atoms with Gasteiger partial charge in [0.05, 0.1) is 26.7 Å². The lowest BCUT2D eigenvalue weighted by Crippen LogP contribution is -2.37. The lowest BCUT2D eigenvalue weighted by atomic mass is 10.2. The third-order valence-corrected chi connectivity index (χ3v) is 8.00. The van der Waals surface area contributed by atoms with Crippen LogP contribution in [0, 0.1) is 6.92 Å². The Balaban J connectivity index is 1.42. The number of carbonyl (C=O) groups is 1. The third kappa shape index (κ3) is 4.60. The molecule has 0 atom stereocenters. The molecule has 0 radical (unpaired) electrons. The number of fused-ring (bicyclic) bond motifs is 2. The summed E-state index contributed by atoms with van der Waals surface area (Å²) in [7, 11) is -3.97. The Hall–Kier alpha value is -3.47. The molecule has 0 saturated heterocycles. The predicted molar refractivity (Wildman–Crippen MR) is 130 cm³/mol. The van der Waals surface area contributed by atoms with Crippen molar-refractivity contribution < 1.29 is 22.7 Å². The smallest absolute Gasteiger partial charge is 0.243 e. The molecule has 1 N–H and O–H groups in total. The minimum atomic E-state index is -3.97. The average molecular weight is 496 g/mol. The molecule has 5 rings (SSSR count). The molecule has 34 heavy (non-hydrogen) atoms. The number of thiazole rings is 1. The van der Waals surface area contributed by atoms with Gasteiger partial charge in [0.25, 0.3) is 0 Å². The van der Waals surface area contributed by atoms with Crippen LogP contribution in [0.25, 0.3) is 10.2 Å². The largest absolute Gasteiger partial charge is 0.454 e. The van der Waals surface area contributed by atoms with Crippen molar-refractivity contribution in [1.82, 2.24) is 9.29 Å². The zero-order chi connectivity index (χ0) is 23.7. The van der Waals surface area contributed by atoms with E-state index < -0.39 is 15.9 Å². The summed E-state index contributed by atoms with van der Waals surface area (Å²) in [5, 5.41) is 3.61.